The third-order valence-corrected chi connectivity index (χ3v) is 4.73. The average molecular weight is 283 g/mol. The molecule has 19 heavy (non-hydrogen) atoms. The topological polar surface area (TPSA) is 55.4 Å². The Hall–Kier alpha value is -0.910. The number of aryl methyl sites for hydroxylation is 1. The molecule has 4 nitrogen and oxygen atoms in total. The Balaban J connectivity index is 1.96. The molecule has 1 saturated heterocycles. The fourth-order valence-corrected chi connectivity index (χ4v) is 3.33. The Labute approximate surface area is 115 Å². The second-order valence-electron chi connectivity index (χ2n) is 5.42. The third kappa shape index (κ3) is 4.03. The molecule has 0 saturated carbocycles. The van der Waals surface area contributed by atoms with E-state index in [0.717, 1.165) is 25.1 Å². The van der Waals surface area contributed by atoms with Gasteiger partial charge in [0.25, 0.3) is 10.1 Å². The summed E-state index contributed by atoms with van der Waals surface area (Å²) in [7, 11) is -3.62. The van der Waals surface area contributed by atoms with Crippen molar-refractivity contribution < 1.29 is 12.6 Å². The van der Waals surface area contributed by atoms with Crippen LogP contribution in [0, 0.1) is 18.8 Å². The monoisotopic (exact) mass is 283 g/mol. The van der Waals surface area contributed by atoms with E-state index in [4.69, 9.17) is 4.18 Å². The molecule has 106 valence electrons. The maximum absolute atomic E-state index is 12.0. The van der Waals surface area contributed by atoms with Crippen LogP contribution in [0.4, 0.5) is 0 Å². The second kappa shape index (κ2) is 6.03. The fraction of sp³-hybridized carbons (Fsp3) is 0.571. The van der Waals surface area contributed by atoms with E-state index in [2.05, 4.69) is 12.2 Å². The quantitative estimate of drug-likeness (QED) is 0.858. The van der Waals surface area contributed by atoms with E-state index in [-0.39, 0.29) is 17.4 Å². The van der Waals surface area contributed by atoms with Gasteiger partial charge in [-0.2, -0.15) is 8.42 Å². The van der Waals surface area contributed by atoms with Crippen LogP contribution in [-0.4, -0.2) is 28.1 Å². The van der Waals surface area contributed by atoms with Crippen molar-refractivity contribution in [3.63, 3.8) is 0 Å². The molecule has 5 heteroatoms. The lowest BCUT2D eigenvalue weighted by atomic mass is 9.93. The van der Waals surface area contributed by atoms with Crippen molar-refractivity contribution in [1.29, 1.82) is 0 Å². The highest BCUT2D eigenvalue weighted by atomic mass is 32.2. The Morgan fingerprint density at radius 1 is 1.26 bits per heavy atom. The van der Waals surface area contributed by atoms with Gasteiger partial charge < -0.3 is 5.32 Å². The van der Waals surface area contributed by atoms with Crippen molar-refractivity contribution in [3.8, 4) is 0 Å². The molecule has 0 aromatic heterocycles. The lowest BCUT2D eigenvalue weighted by Crippen LogP contribution is -2.37. The molecule has 1 aromatic rings. The van der Waals surface area contributed by atoms with Gasteiger partial charge in [0.1, 0.15) is 0 Å². The third-order valence-electron chi connectivity index (χ3n) is 3.43. The van der Waals surface area contributed by atoms with E-state index in [0.29, 0.717) is 5.92 Å². The number of piperidine rings is 1. The summed E-state index contributed by atoms with van der Waals surface area (Å²) < 4.78 is 29.2. The molecule has 0 radical (unpaired) electrons. The molecule has 0 spiro atoms. The summed E-state index contributed by atoms with van der Waals surface area (Å²) >= 11 is 0. The normalized spacial score (nSPS) is 24.3. The molecule has 1 N–H and O–H groups in total. The average Bonchev–Trinajstić information content (AvgIpc) is 2.37. The van der Waals surface area contributed by atoms with Gasteiger partial charge in [0, 0.05) is 6.54 Å². The maximum atomic E-state index is 12.0. The van der Waals surface area contributed by atoms with Gasteiger partial charge in [0.2, 0.25) is 0 Å². The van der Waals surface area contributed by atoms with Gasteiger partial charge in [0.05, 0.1) is 11.5 Å². The number of hydrogen-bond acceptors (Lipinski definition) is 4. The summed E-state index contributed by atoms with van der Waals surface area (Å²) in [4.78, 5) is 0.231. The molecule has 0 amide bonds. The van der Waals surface area contributed by atoms with Crippen LogP contribution in [0.15, 0.2) is 29.2 Å². The zero-order chi connectivity index (χ0) is 13.9. The number of nitrogens with one attached hydrogen (secondary N) is 1. The Kier molecular flexibility index (Phi) is 4.60. The highest BCUT2D eigenvalue weighted by Gasteiger charge is 2.22. The van der Waals surface area contributed by atoms with Crippen molar-refractivity contribution >= 4 is 10.1 Å². The van der Waals surface area contributed by atoms with Crippen molar-refractivity contribution in [2.75, 3.05) is 19.7 Å². The van der Waals surface area contributed by atoms with E-state index in [1.165, 1.54) is 0 Å². The van der Waals surface area contributed by atoms with E-state index < -0.39 is 10.1 Å². The minimum absolute atomic E-state index is 0.231. The van der Waals surface area contributed by atoms with Gasteiger partial charge in [-0.05, 0) is 43.9 Å². The summed E-state index contributed by atoms with van der Waals surface area (Å²) in [5.74, 6) is 0.841. The first-order valence-electron chi connectivity index (χ1n) is 6.64. The van der Waals surface area contributed by atoms with Gasteiger partial charge >= 0.3 is 0 Å². The summed E-state index contributed by atoms with van der Waals surface area (Å²) in [6.07, 6.45) is 1.01. The van der Waals surface area contributed by atoms with Gasteiger partial charge in [-0.1, -0.05) is 24.6 Å². The molecule has 1 fully saturated rings. The maximum Gasteiger partial charge on any atom is 0.296 e. The highest BCUT2D eigenvalue weighted by Crippen LogP contribution is 2.19. The molecule has 0 bridgehead atoms. The number of hydrogen-bond donors (Lipinski definition) is 1. The van der Waals surface area contributed by atoms with E-state index >= 15 is 0 Å². The van der Waals surface area contributed by atoms with E-state index in [9.17, 15) is 8.42 Å². The summed E-state index contributed by atoms with van der Waals surface area (Å²) in [5, 5.41) is 3.29. The molecule has 1 aliphatic heterocycles. The Morgan fingerprint density at radius 3 is 2.58 bits per heavy atom. The first-order valence-corrected chi connectivity index (χ1v) is 8.05. The Bertz CT molecular complexity index is 510. The summed E-state index contributed by atoms with van der Waals surface area (Å²) in [6, 6.07) is 6.74. The minimum Gasteiger partial charge on any atom is -0.316 e. The molecular formula is C14H21NO3S. The molecule has 2 rings (SSSR count). The van der Waals surface area contributed by atoms with Gasteiger partial charge in [-0.25, -0.2) is 0 Å². The fourth-order valence-electron chi connectivity index (χ4n) is 2.36. The van der Waals surface area contributed by atoms with Crippen LogP contribution in [0.2, 0.25) is 0 Å². The van der Waals surface area contributed by atoms with Crippen molar-refractivity contribution in [2.45, 2.75) is 25.2 Å². The first-order chi connectivity index (χ1) is 8.97. The highest BCUT2D eigenvalue weighted by molar-refractivity contribution is 7.86. The van der Waals surface area contributed by atoms with E-state index in [1.54, 1.807) is 24.3 Å². The molecule has 2 atom stereocenters. The minimum atomic E-state index is -3.62. The first kappa shape index (κ1) is 14.5. The number of rotatable bonds is 4. The Morgan fingerprint density at radius 2 is 1.95 bits per heavy atom. The lowest BCUT2D eigenvalue weighted by Gasteiger charge is -2.27. The smallest absolute Gasteiger partial charge is 0.296 e. The molecule has 1 aliphatic rings. The molecule has 1 aromatic carbocycles. The lowest BCUT2D eigenvalue weighted by molar-refractivity contribution is 0.198. The van der Waals surface area contributed by atoms with Crippen LogP contribution >= 0.6 is 0 Å². The summed E-state index contributed by atoms with van der Waals surface area (Å²) in [5.41, 5.74) is 1.03. The van der Waals surface area contributed by atoms with Crippen molar-refractivity contribution in [1.82, 2.24) is 5.32 Å². The molecule has 1 heterocycles. The predicted octanol–water partition coefficient (Wildman–Crippen LogP) is 1.95. The van der Waals surface area contributed by atoms with Gasteiger partial charge in [-0.3, -0.25) is 4.18 Å². The van der Waals surface area contributed by atoms with Gasteiger partial charge in [-0.15, -0.1) is 0 Å². The predicted molar refractivity (Wildman–Crippen MR) is 74.5 cm³/mol. The van der Waals surface area contributed by atoms with Crippen molar-refractivity contribution in [3.05, 3.63) is 29.8 Å². The standard InChI is InChI=1S/C14H21NO3S/c1-11-3-5-14(6-4-11)19(16,17)18-10-13-7-12(2)8-15-9-13/h3-6,12-13,15H,7-10H2,1-2H3. The van der Waals surface area contributed by atoms with E-state index in [1.807, 2.05) is 6.92 Å². The molecule has 0 aliphatic carbocycles. The summed E-state index contributed by atoms with van der Waals surface area (Å²) in [6.45, 7) is 6.17. The largest absolute Gasteiger partial charge is 0.316 e. The molecule has 2 unspecified atom stereocenters. The van der Waals surface area contributed by atoms with Crippen LogP contribution in [0.25, 0.3) is 0 Å². The number of benzene rings is 1. The van der Waals surface area contributed by atoms with Gasteiger partial charge in [0.15, 0.2) is 0 Å². The zero-order valence-corrected chi connectivity index (χ0v) is 12.2. The second-order valence-corrected chi connectivity index (χ2v) is 7.03. The SMILES string of the molecule is Cc1ccc(S(=O)(=O)OCC2CNCC(C)C2)cc1. The van der Waals surface area contributed by atoms with Crippen LogP contribution in [0.5, 0.6) is 0 Å². The van der Waals surface area contributed by atoms with Crippen LogP contribution in [-0.2, 0) is 14.3 Å². The molecular weight excluding hydrogens is 262 g/mol. The van der Waals surface area contributed by atoms with Crippen molar-refractivity contribution in [2.24, 2.45) is 11.8 Å². The zero-order valence-electron chi connectivity index (χ0n) is 11.4. The van der Waals surface area contributed by atoms with Crippen LogP contribution < -0.4 is 5.32 Å². The van der Waals surface area contributed by atoms with Crippen LogP contribution in [0.1, 0.15) is 18.9 Å². The van der Waals surface area contributed by atoms with Crippen LogP contribution in [0.3, 0.4) is 0 Å².